The van der Waals surface area contributed by atoms with Gasteiger partial charge in [0.05, 0.1) is 24.7 Å². The molecule has 2 aromatic rings. The average Bonchev–Trinajstić information content (AvgIpc) is 3.25. The molecule has 5 nitrogen and oxygen atoms in total. The number of hydrogen-bond acceptors (Lipinski definition) is 6. The molecule has 124 valence electrons. The highest BCUT2D eigenvalue weighted by atomic mass is 32.1. The number of fused-ring (bicyclic) bond motifs is 3. The van der Waals surface area contributed by atoms with Crippen LogP contribution in [0.15, 0.2) is 11.7 Å². The lowest BCUT2D eigenvalue weighted by Gasteiger charge is -2.32. The molecule has 1 aliphatic heterocycles. The van der Waals surface area contributed by atoms with Crippen LogP contribution in [0.2, 0.25) is 0 Å². The van der Waals surface area contributed by atoms with E-state index in [1.165, 1.54) is 17.4 Å². The largest absolute Gasteiger partial charge is 0.394 e. The van der Waals surface area contributed by atoms with Gasteiger partial charge < -0.3 is 14.7 Å². The Balaban J connectivity index is 1.63. The van der Waals surface area contributed by atoms with Crippen LogP contribution in [0.5, 0.6) is 0 Å². The molecule has 1 N–H and O–H groups in total. The van der Waals surface area contributed by atoms with E-state index in [9.17, 15) is 0 Å². The maximum atomic E-state index is 8.95. The zero-order chi connectivity index (χ0) is 16.0. The summed E-state index contributed by atoms with van der Waals surface area (Å²) in [6.45, 7) is 6.02. The van der Waals surface area contributed by atoms with Crippen LogP contribution in [0.4, 0.5) is 5.82 Å². The highest BCUT2D eigenvalue weighted by molar-refractivity contribution is 7.17. The Hall–Kier alpha value is -1.24. The van der Waals surface area contributed by atoms with Gasteiger partial charge in [-0.1, -0.05) is 13.8 Å². The van der Waals surface area contributed by atoms with E-state index in [1.54, 1.807) is 17.7 Å². The summed E-state index contributed by atoms with van der Waals surface area (Å²) in [7, 11) is 0. The number of aromatic nitrogens is 2. The van der Waals surface area contributed by atoms with Crippen LogP contribution in [0.1, 0.15) is 38.2 Å². The van der Waals surface area contributed by atoms with E-state index < -0.39 is 0 Å². The second-order valence-electron chi connectivity index (χ2n) is 6.89. The average molecular weight is 333 g/mol. The van der Waals surface area contributed by atoms with Gasteiger partial charge in [0, 0.05) is 18.5 Å². The molecule has 1 saturated carbocycles. The molecule has 1 aliphatic carbocycles. The van der Waals surface area contributed by atoms with E-state index in [2.05, 4.69) is 34.1 Å². The monoisotopic (exact) mass is 333 g/mol. The number of aliphatic hydroxyl groups is 1. The lowest BCUT2D eigenvalue weighted by atomic mass is 10.0. The minimum absolute atomic E-state index is 0.108. The van der Waals surface area contributed by atoms with Crippen LogP contribution in [0.25, 0.3) is 10.2 Å². The zero-order valence-corrected chi connectivity index (χ0v) is 14.4. The molecule has 0 spiro atoms. The maximum absolute atomic E-state index is 8.95. The van der Waals surface area contributed by atoms with Crippen molar-refractivity contribution in [1.29, 1.82) is 0 Å². The molecule has 1 saturated heterocycles. The first-order valence-electron chi connectivity index (χ1n) is 8.40. The first-order valence-corrected chi connectivity index (χ1v) is 9.28. The number of rotatable bonds is 5. The van der Waals surface area contributed by atoms with Gasteiger partial charge >= 0.3 is 0 Å². The Morgan fingerprint density at radius 2 is 2.26 bits per heavy atom. The number of nitrogens with zero attached hydrogens (tertiary/aromatic N) is 3. The van der Waals surface area contributed by atoms with Gasteiger partial charge in [0.1, 0.15) is 17.0 Å². The van der Waals surface area contributed by atoms with Crippen molar-refractivity contribution in [1.82, 2.24) is 9.97 Å². The molecular weight excluding hydrogens is 310 g/mol. The number of ether oxygens (including phenoxy) is 1. The summed E-state index contributed by atoms with van der Waals surface area (Å²) in [5, 5.41) is 12.4. The Labute approximate surface area is 140 Å². The minimum Gasteiger partial charge on any atom is -0.394 e. The van der Waals surface area contributed by atoms with Gasteiger partial charge in [0.15, 0.2) is 0 Å². The summed E-state index contributed by atoms with van der Waals surface area (Å²) in [5.41, 5.74) is 1.36. The molecule has 23 heavy (non-hydrogen) atoms. The lowest BCUT2D eigenvalue weighted by molar-refractivity contribution is 0.00506. The maximum Gasteiger partial charge on any atom is 0.141 e. The van der Waals surface area contributed by atoms with Crippen molar-refractivity contribution >= 4 is 27.4 Å². The van der Waals surface area contributed by atoms with Gasteiger partial charge in [-0.05, 0) is 29.7 Å². The lowest BCUT2D eigenvalue weighted by Crippen LogP contribution is -2.39. The fraction of sp³-hybridized carbons (Fsp3) is 0.647. The molecule has 2 aliphatic rings. The highest BCUT2D eigenvalue weighted by Gasteiger charge is 2.46. The van der Waals surface area contributed by atoms with E-state index in [4.69, 9.17) is 9.84 Å². The third-order valence-electron chi connectivity index (χ3n) is 5.17. The first kappa shape index (κ1) is 15.3. The zero-order valence-electron chi connectivity index (χ0n) is 13.6. The molecular formula is C17H23N3O2S. The molecule has 0 aromatic carbocycles. The molecule has 2 bridgehead atoms. The minimum atomic E-state index is 0.108. The Kier molecular flexibility index (Phi) is 3.99. The molecule has 2 fully saturated rings. The predicted octanol–water partition coefficient (Wildman–Crippen LogP) is 2.79. The van der Waals surface area contributed by atoms with E-state index in [0.717, 1.165) is 23.6 Å². The summed E-state index contributed by atoms with van der Waals surface area (Å²) >= 11 is 1.72. The summed E-state index contributed by atoms with van der Waals surface area (Å²) < 4.78 is 5.80. The van der Waals surface area contributed by atoms with Crippen molar-refractivity contribution in [3.05, 3.63) is 17.3 Å². The second kappa shape index (κ2) is 6.00. The van der Waals surface area contributed by atoms with Crippen molar-refractivity contribution in [3.63, 3.8) is 0 Å². The molecule has 3 unspecified atom stereocenters. The Morgan fingerprint density at radius 1 is 1.39 bits per heavy atom. The molecule has 3 heterocycles. The second-order valence-corrected chi connectivity index (χ2v) is 7.75. The van der Waals surface area contributed by atoms with E-state index >= 15 is 0 Å². The van der Waals surface area contributed by atoms with Crippen LogP contribution in [-0.2, 0) is 4.74 Å². The number of hydrogen-bond donors (Lipinski definition) is 1. The summed E-state index contributed by atoms with van der Waals surface area (Å²) in [6, 6.07) is 0.502. The first-order chi connectivity index (χ1) is 11.2. The molecule has 6 heteroatoms. The predicted molar refractivity (Wildman–Crippen MR) is 92.2 cm³/mol. The van der Waals surface area contributed by atoms with Crippen molar-refractivity contribution in [2.75, 3.05) is 24.7 Å². The van der Waals surface area contributed by atoms with Gasteiger partial charge in [-0.3, -0.25) is 0 Å². The smallest absolute Gasteiger partial charge is 0.141 e. The summed E-state index contributed by atoms with van der Waals surface area (Å²) in [4.78, 5) is 12.7. The van der Waals surface area contributed by atoms with Gasteiger partial charge in [-0.25, -0.2) is 9.97 Å². The molecule has 0 amide bonds. The van der Waals surface area contributed by atoms with Crippen LogP contribution in [0, 0.1) is 5.92 Å². The van der Waals surface area contributed by atoms with Gasteiger partial charge in [0.25, 0.3) is 0 Å². The number of piperidine rings is 1. The van der Waals surface area contributed by atoms with Crippen molar-refractivity contribution in [3.8, 4) is 0 Å². The third-order valence-corrected chi connectivity index (χ3v) is 6.08. The van der Waals surface area contributed by atoms with Crippen molar-refractivity contribution in [2.24, 2.45) is 5.92 Å². The Bertz CT molecular complexity index is 702. The standard InChI is InChI=1S/C17H23N3O2S/c1-10(2)13-8-23-17-15(13)16(18-9-19-17)20-7-11-5-12(20)6-14(11)22-4-3-21/h8-12,14,21H,3-7H2,1-2H3. The van der Waals surface area contributed by atoms with E-state index in [0.29, 0.717) is 30.6 Å². The van der Waals surface area contributed by atoms with Crippen LogP contribution in [-0.4, -0.2) is 47.0 Å². The molecule has 0 radical (unpaired) electrons. The highest BCUT2D eigenvalue weighted by Crippen LogP contribution is 2.44. The van der Waals surface area contributed by atoms with Gasteiger partial charge in [0.2, 0.25) is 0 Å². The van der Waals surface area contributed by atoms with Gasteiger partial charge in [-0.15, -0.1) is 11.3 Å². The van der Waals surface area contributed by atoms with Crippen LogP contribution in [0.3, 0.4) is 0 Å². The van der Waals surface area contributed by atoms with Crippen molar-refractivity contribution in [2.45, 2.75) is 44.8 Å². The fourth-order valence-corrected chi connectivity index (χ4v) is 5.16. The quantitative estimate of drug-likeness (QED) is 0.912. The summed E-state index contributed by atoms with van der Waals surface area (Å²) in [6.07, 6.45) is 4.21. The molecule has 4 rings (SSSR count). The Morgan fingerprint density at radius 3 is 2.96 bits per heavy atom. The van der Waals surface area contributed by atoms with Gasteiger partial charge in [-0.2, -0.15) is 0 Å². The summed E-state index contributed by atoms with van der Waals surface area (Å²) in [5.74, 6) is 2.14. The number of aliphatic hydroxyl groups excluding tert-OH is 1. The normalized spacial score (nSPS) is 26.8. The van der Waals surface area contributed by atoms with Crippen LogP contribution >= 0.6 is 11.3 Å². The molecule has 3 atom stereocenters. The van der Waals surface area contributed by atoms with Crippen LogP contribution < -0.4 is 4.90 Å². The fourth-order valence-electron chi connectivity index (χ4n) is 4.10. The topological polar surface area (TPSA) is 58.5 Å². The number of thiophene rings is 1. The SMILES string of the molecule is CC(C)c1csc2ncnc(N3CC4CC3CC4OCCO)c12. The van der Waals surface area contributed by atoms with E-state index in [1.807, 2.05) is 0 Å². The van der Waals surface area contributed by atoms with Crippen molar-refractivity contribution < 1.29 is 9.84 Å². The third kappa shape index (κ3) is 2.53. The molecule has 2 aromatic heterocycles. The number of anilines is 1. The van der Waals surface area contributed by atoms with E-state index in [-0.39, 0.29) is 6.61 Å².